The first-order valence-electron chi connectivity index (χ1n) is 6.46. The zero-order chi connectivity index (χ0) is 16.6. The Morgan fingerprint density at radius 2 is 1.91 bits per heavy atom. The highest BCUT2D eigenvalue weighted by Gasteiger charge is 2.20. The summed E-state index contributed by atoms with van der Waals surface area (Å²) in [5, 5.41) is 6.21. The van der Waals surface area contributed by atoms with E-state index in [-0.39, 0.29) is 28.1 Å². The average molecular weight is 372 g/mol. The molecule has 2 aromatic carbocycles. The Bertz CT molecular complexity index is 824. The van der Waals surface area contributed by atoms with Gasteiger partial charge in [0.05, 0.1) is 27.0 Å². The summed E-state index contributed by atoms with van der Waals surface area (Å²) in [6, 6.07) is 7.61. The van der Waals surface area contributed by atoms with Crippen LogP contribution in [0.3, 0.4) is 0 Å². The first-order chi connectivity index (χ1) is 10.9. The minimum Gasteiger partial charge on any atom is -0.482 e. The molecule has 23 heavy (non-hydrogen) atoms. The van der Waals surface area contributed by atoms with Crippen LogP contribution >= 0.6 is 34.8 Å². The number of fused-ring (bicyclic) bond motifs is 1. The van der Waals surface area contributed by atoms with E-state index in [0.717, 1.165) is 0 Å². The van der Waals surface area contributed by atoms with Crippen LogP contribution in [0.5, 0.6) is 5.75 Å². The summed E-state index contributed by atoms with van der Waals surface area (Å²) in [5.41, 5.74) is 1.06. The van der Waals surface area contributed by atoms with Crippen LogP contribution in [-0.4, -0.2) is 18.4 Å². The molecule has 3 rings (SSSR count). The number of rotatable bonds is 2. The Morgan fingerprint density at radius 1 is 1.13 bits per heavy atom. The van der Waals surface area contributed by atoms with Gasteiger partial charge >= 0.3 is 0 Å². The van der Waals surface area contributed by atoms with E-state index in [1.165, 1.54) is 18.2 Å². The SMILES string of the molecule is O=C1COc2cc(NC(=O)c3ccc(Cl)cc3Cl)c(Cl)cc2N1. The first kappa shape index (κ1) is 15.9. The molecule has 118 valence electrons. The second-order valence-electron chi connectivity index (χ2n) is 4.74. The number of carbonyl (C=O) groups excluding carboxylic acids is 2. The van der Waals surface area contributed by atoms with Gasteiger partial charge < -0.3 is 15.4 Å². The molecule has 0 saturated carbocycles. The van der Waals surface area contributed by atoms with Crippen molar-refractivity contribution in [2.24, 2.45) is 0 Å². The summed E-state index contributed by atoms with van der Waals surface area (Å²) >= 11 is 18.0. The Kier molecular flexibility index (Phi) is 4.35. The molecular weight excluding hydrogens is 363 g/mol. The maximum Gasteiger partial charge on any atom is 0.262 e. The fourth-order valence-corrected chi connectivity index (χ4v) is 2.76. The second kappa shape index (κ2) is 6.28. The number of anilines is 2. The number of carbonyl (C=O) groups is 2. The van der Waals surface area contributed by atoms with Gasteiger partial charge in [0.2, 0.25) is 0 Å². The summed E-state index contributed by atoms with van der Waals surface area (Å²) in [5.74, 6) is -0.279. The highest BCUT2D eigenvalue weighted by molar-refractivity contribution is 6.38. The summed E-state index contributed by atoms with van der Waals surface area (Å²) < 4.78 is 5.29. The highest BCUT2D eigenvalue weighted by Crippen LogP contribution is 2.36. The molecule has 5 nitrogen and oxygen atoms in total. The topological polar surface area (TPSA) is 67.4 Å². The average Bonchev–Trinajstić information content (AvgIpc) is 2.48. The lowest BCUT2D eigenvalue weighted by atomic mass is 10.2. The molecule has 2 N–H and O–H groups in total. The molecule has 0 saturated heterocycles. The number of hydrogen-bond acceptors (Lipinski definition) is 3. The molecule has 0 atom stereocenters. The normalized spacial score (nSPS) is 12.9. The largest absolute Gasteiger partial charge is 0.482 e. The van der Waals surface area contributed by atoms with Crippen LogP contribution in [0.4, 0.5) is 11.4 Å². The van der Waals surface area contributed by atoms with Crippen LogP contribution in [0.1, 0.15) is 10.4 Å². The van der Waals surface area contributed by atoms with Crippen molar-refractivity contribution >= 4 is 58.0 Å². The van der Waals surface area contributed by atoms with Crippen LogP contribution in [0.2, 0.25) is 15.1 Å². The van der Waals surface area contributed by atoms with E-state index in [1.54, 1.807) is 12.1 Å². The maximum absolute atomic E-state index is 12.3. The molecule has 0 unspecified atom stereocenters. The lowest BCUT2D eigenvalue weighted by molar-refractivity contribution is -0.118. The molecule has 8 heteroatoms. The number of amides is 2. The molecule has 0 aliphatic carbocycles. The minimum absolute atomic E-state index is 0.0922. The zero-order valence-electron chi connectivity index (χ0n) is 11.5. The fourth-order valence-electron chi connectivity index (χ4n) is 2.06. The van der Waals surface area contributed by atoms with Gasteiger partial charge in [-0.25, -0.2) is 0 Å². The lowest BCUT2D eigenvalue weighted by Crippen LogP contribution is -2.25. The van der Waals surface area contributed by atoms with Crippen molar-refractivity contribution in [3.05, 3.63) is 51.0 Å². The lowest BCUT2D eigenvalue weighted by Gasteiger charge is -2.19. The minimum atomic E-state index is -0.437. The van der Waals surface area contributed by atoms with Crippen molar-refractivity contribution in [1.29, 1.82) is 0 Å². The van der Waals surface area contributed by atoms with Crippen LogP contribution in [0.25, 0.3) is 0 Å². The van der Waals surface area contributed by atoms with Crippen LogP contribution in [0, 0.1) is 0 Å². The van der Waals surface area contributed by atoms with Crippen molar-refractivity contribution in [3.8, 4) is 5.75 Å². The molecule has 0 spiro atoms. The van der Waals surface area contributed by atoms with Crippen molar-refractivity contribution in [2.45, 2.75) is 0 Å². The predicted molar refractivity (Wildman–Crippen MR) is 90.0 cm³/mol. The molecule has 2 aromatic rings. The van der Waals surface area contributed by atoms with Gasteiger partial charge in [-0.3, -0.25) is 9.59 Å². The molecule has 0 bridgehead atoms. The van der Waals surface area contributed by atoms with Crippen molar-refractivity contribution in [3.63, 3.8) is 0 Å². The monoisotopic (exact) mass is 370 g/mol. The van der Waals surface area contributed by atoms with E-state index >= 15 is 0 Å². The van der Waals surface area contributed by atoms with E-state index in [0.29, 0.717) is 22.1 Å². The zero-order valence-corrected chi connectivity index (χ0v) is 13.7. The van der Waals surface area contributed by atoms with Gasteiger partial charge in [0.1, 0.15) is 5.75 Å². The van der Waals surface area contributed by atoms with E-state index in [9.17, 15) is 9.59 Å². The fraction of sp³-hybridized carbons (Fsp3) is 0.0667. The van der Waals surface area contributed by atoms with Crippen LogP contribution < -0.4 is 15.4 Å². The smallest absolute Gasteiger partial charge is 0.262 e. The summed E-state index contributed by atoms with van der Waals surface area (Å²) in [6.07, 6.45) is 0. The molecule has 0 aromatic heterocycles. The maximum atomic E-state index is 12.3. The molecule has 1 aliphatic heterocycles. The predicted octanol–water partition coefficient (Wildman–Crippen LogP) is 4.23. The molecule has 0 fully saturated rings. The third kappa shape index (κ3) is 3.37. The molecule has 1 heterocycles. The molecule has 2 amide bonds. The van der Waals surface area contributed by atoms with Crippen molar-refractivity contribution in [1.82, 2.24) is 0 Å². The van der Waals surface area contributed by atoms with Gasteiger partial charge in [0.15, 0.2) is 6.61 Å². The van der Waals surface area contributed by atoms with E-state index in [2.05, 4.69) is 10.6 Å². The van der Waals surface area contributed by atoms with Gasteiger partial charge in [-0.1, -0.05) is 34.8 Å². The van der Waals surface area contributed by atoms with E-state index in [4.69, 9.17) is 39.5 Å². The number of nitrogens with one attached hydrogen (secondary N) is 2. The summed E-state index contributed by atoms with van der Waals surface area (Å²) in [6.45, 7) is -0.0922. The highest BCUT2D eigenvalue weighted by atomic mass is 35.5. The second-order valence-corrected chi connectivity index (χ2v) is 5.99. The van der Waals surface area contributed by atoms with E-state index in [1.807, 2.05) is 0 Å². The molecular formula is C15H9Cl3N2O3. The Balaban J connectivity index is 1.88. The van der Waals surface area contributed by atoms with Gasteiger partial charge in [0.25, 0.3) is 11.8 Å². The van der Waals surface area contributed by atoms with Gasteiger partial charge in [-0.15, -0.1) is 0 Å². The van der Waals surface area contributed by atoms with Gasteiger partial charge in [0, 0.05) is 11.1 Å². The molecule has 0 radical (unpaired) electrons. The molecule has 1 aliphatic rings. The van der Waals surface area contributed by atoms with Crippen LogP contribution in [0.15, 0.2) is 30.3 Å². The van der Waals surface area contributed by atoms with Gasteiger partial charge in [-0.05, 0) is 24.3 Å². The van der Waals surface area contributed by atoms with Crippen molar-refractivity contribution in [2.75, 3.05) is 17.2 Å². The van der Waals surface area contributed by atoms with Crippen molar-refractivity contribution < 1.29 is 14.3 Å². The third-order valence-electron chi connectivity index (χ3n) is 3.13. The summed E-state index contributed by atoms with van der Waals surface area (Å²) in [7, 11) is 0. The number of hydrogen-bond donors (Lipinski definition) is 2. The van der Waals surface area contributed by atoms with E-state index < -0.39 is 5.91 Å². The Hall–Kier alpha value is -1.95. The first-order valence-corrected chi connectivity index (χ1v) is 7.60. The quantitative estimate of drug-likeness (QED) is 0.830. The Labute approximate surface area is 146 Å². The number of halogens is 3. The Morgan fingerprint density at radius 3 is 2.65 bits per heavy atom. The number of benzene rings is 2. The summed E-state index contributed by atoms with van der Waals surface area (Å²) in [4.78, 5) is 23.6. The third-order valence-corrected chi connectivity index (χ3v) is 3.99. The number of ether oxygens (including phenoxy) is 1. The van der Waals surface area contributed by atoms with Gasteiger partial charge in [-0.2, -0.15) is 0 Å². The van der Waals surface area contributed by atoms with Crippen LogP contribution in [-0.2, 0) is 4.79 Å². The standard InChI is InChI=1S/C15H9Cl3N2O3/c16-7-1-2-8(9(17)3-7)15(22)20-11-5-13-12(4-10(11)18)19-14(21)6-23-13/h1-5H,6H2,(H,19,21)(H,20,22).